The van der Waals surface area contributed by atoms with Gasteiger partial charge < -0.3 is 9.73 Å². The molecule has 4 nitrogen and oxygen atoms in total. The Balaban J connectivity index is 1.68. The largest absolute Gasteiger partial charge is 0.417 e. The van der Waals surface area contributed by atoms with E-state index in [1.807, 2.05) is 12.1 Å². The number of aromatic amines is 1. The molecule has 94 valence electrons. The maximum Gasteiger partial charge on any atom is 0.417 e. The van der Waals surface area contributed by atoms with E-state index in [2.05, 4.69) is 16.4 Å². The van der Waals surface area contributed by atoms with Crippen LogP contribution < -0.4 is 11.1 Å². The van der Waals surface area contributed by atoms with E-state index in [-0.39, 0.29) is 5.76 Å². The molecule has 1 atom stereocenters. The highest BCUT2D eigenvalue weighted by molar-refractivity contribution is 5.72. The average molecular weight is 244 g/mol. The van der Waals surface area contributed by atoms with Crippen LogP contribution in [-0.4, -0.2) is 18.1 Å². The first-order chi connectivity index (χ1) is 8.74. The number of fused-ring (bicyclic) bond motifs is 1. The van der Waals surface area contributed by atoms with E-state index in [1.165, 1.54) is 37.9 Å². The van der Waals surface area contributed by atoms with Gasteiger partial charge in [0.1, 0.15) is 0 Å². The minimum Gasteiger partial charge on any atom is -0.408 e. The third-order valence-electron chi connectivity index (χ3n) is 4.62. The number of hydrogen-bond acceptors (Lipinski definition) is 3. The monoisotopic (exact) mass is 244 g/mol. The predicted molar refractivity (Wildman–Crippen MR) is 68.7 cm³/mol. The second kappa shape index (κ2) is 3.48. The summed E-state index contributed by atoms with van der Waals surface area (Å²) >= 11 is 0. The van der Waals surface area contributed by atoms with Crippen molar-refractivity contribution in [1.29, 1.82) is 0 Å². The summed E-state index contributed by atoms with van der Waals surface area (Å²) in [6.45, 7) is 2.34. The Bertz CT molecular complexity index is 651. The van der Waals surface area contributed by atoms with Crippen LogP contribution in [0.15, 0.2) is 27.4 Å². The summed E-state index contributed by atoms with van der Waals surface area (Å²) in [4.78, 5) is 13.8. The summed E-state index contributed by atoms with van der Waals surface area (Å²) < 4.78 is 5.14. The molecule has 2 fully saturated rings. The van der Waals surface area contributed by atoms with Crippen molar-refractivity contribution in [3.8, 4) is 0 Å². The molecule has 1 unspecified atom stereocenters. The van der Waals surface area contributed by atoms with Crippen LogP contribution in [0, 0.1) is 5.41 Å². The minimum atomic E-state index is -0.367. The van der Waals surface area contributed by atoms with Crippen molar-refractivity contribution in [3.63, 3.8) is 0 Å². The molecule has 4 heteroatoms. The molecule has 1 saturated carbocycles. The van der Waals surface area contributed by atoms with E-state index in [1.54, 1.807) is 0 Å². The number of hydrogen-bond donors (Lipinski definition) is 2. The molecule has 1 aliphatic heterocycles. The van der Waals surface area contributed by atoms with Crippen LogP contribution >= 0.6 is 0 Å². The summed E-state index contributed by atoms with van der Waals surface area (Å²) in [6.07, 6.45) is 3.84. The molecule has 2 N–H and O–H groups in total. The van der Waals surface area contributed by atoms with E-state index in [0.717, 1.165) is 5.52 Å². The fourth-order valence-corrected chi connectivity index (χ4v) is 3.51. The number of aromatic nitrogens is 1. The molecule has 1 spiro atoms. The highest BCUT2D eigenvalue weighted by Gasteiger charge is 2.43. The van der Waals surface area contributed by atoms with Crippen LogP contribution in [0.2, 0.25) is 0 Å². The van der Waals surface area contributed by atoms with Gasteiger partial charge in [-0.25, -0.2) is 4.79 Å². The van der Waals surface area contributed by atoms with Gasteiger partial charge in [0.05, 0.1) is 5.52 Å². The zero-order valence-electron chi connectivity index (χ0n) is 10.2. The first-order valence-electron chi connectivity index (χ1n) is 6.58. The lowest BCUT2D eigenvalue weighted by Gasteiger charge is -2.39. The molecule has 0 bridgehead atoms. The van der Waals surface area contributed by atoms with Crippen molar-refractivity contribution in [3.05, 3.63) is 34.3 Å². The van der Waals surface area contributed by atoms with Crippen molar-refractivity contribution >= 4 is 11.1 Å². The molecule has 0 amide bonds. The van der Waals surface area contributed by atoms with Crippen LogP contribution in [0.3, 0.4) is 0 Å². The van der Waals surface area contributed by atoms with Gasteiger partial charge in [-0.15, -0.1) is 0 Å². The van der Waals surface area contributed by atoms with E-state index >= 15 is 0 Å². The normalized spacial score (nSPS) is 25.7. The maximum absolute atomic E-state index is 11.1. The smallest absolute Gasteiger partial charge is 0.408 e. The highest BCUT2D eigenvalue weighted by Crippen LogP contribution is 2.48. The molecule has 2 aromatic rings. The third-order valence-corrected chi connectivity index (χ3v) is 4.62. The first-order valence-corrected chi connectivity index (χ1v) is 6.58. The number of nitrogens with one attached hydrogen (secondary N) is 2. The van der Waals surface area contributed by atoms with Gasteiger partial charge in [-0.2, -0.15) is 0 Å². The Morgan fingerprint density at radius 2 is 2.22 bits per heavy atom. The Labute approximate surface area is 104 Å². The fourth-order valence-electron chi connectivity index (χ4n) is 3.51. The predicted octanol–water partition coefficient (Wildman–Crippen LogP) is 1.98. The van der Waals surface area contributed by atoms with Gasteiger partial charge in [0.2, 0.25) is 0 Å². The van der Waals surface area contributed by atoms with Gasteiger partial charge in [0.15, 0.2) is 5.58 Å². The lowest BCUT2D eigenvalue weighted by atomic mass is 9.79. The summed E-state index contributed by atoms with van der Waals surface area (Å²) in [6, 6.07) is 6.12. The second-order valence-electron chi connectivity index (χ2n) is 5.81. The van der Waals surface area contributed by atoms with Gasteiger partial charge in [-0.1, -0.05) is 6.07 Å². The van der Waals surface area contributed by atoms with Gasteiger partial charge in [0.25, 0.3) is 0 Å². The first kappa shape index (κ1) is 10.4. The third kappa shape index (κ3) is 1.45. The van der Waals surface area contributed by atoms with Crippen LogP contribution in [-0.2, 0) is 0 Å². The van der Waals surface area contributed by atoms with Gasteiger partial charge in [-0.05, 0) is 48.3 Å². The molecule has 1 aliphatic carbocycles. The minimum absolute atomic E-state index is 0.367. The van der Waals surface area contributed by atoms with Crippen LogP contribution in [0.25, 0.3) is 11.1 Å². The van der Waals surface area contributed by atoms with Gasteiger partial charge in [0, 0.05) is 13.1 Å². The van der Waals surface area contributed by atoms with Crippen molar-refractivity contribution in [1.82, 2.24) is 10.3 Å². The molecule has 0 radical (unpaired) electrons. The highest BCUT2D eigenvalue weighted by atomic mass is 16.4. The van der Waals surface area contributed by atoms with Crippen LogP contribution in [0.1, 0.15) is 30.7 Å². The number of benzene rings is 1. The summed E-state index contributed by atoms with van der Waals surface area (Å²) in [5.41, 5.74) is 3.35. The zero-order chi connectivity index (χ0) is 12.2. The van der Waals surface area contributed by atoms with E-state index in [9.17, 15) is 4.79 Å². The maximum atomic E-state index is 11.1. The van der Waals surface area contributed by atoms with Crippen LogP contribution in [0.4, 0.5) is 0 Å². The summed E-state index contributed by atoms with van der Waals surface area (Å²) in [5, 5.41) is 3.38. The average Bonchev–Trinajstić information content (AvgIpc) is 2.88. The molecule has 18 heavy (non-hydrogen) atoms. The SMILES string of the molecule is O=c1[nH]c2ccc(C3CCC4(CNC4)C3)cc2o1. The zero-order valence-corrected chi connectivity index (χ0v) is 10.2. The molecule has 2 aliphatic rings. The van der Waals surface area contributed by atoms with E-state index in [4.69, 9.17) is 4.42 Å². The molecular formula is C14H16N2O2. The molecule has 4 rings (SSSR count). The molecule has 1 aromatic carbocycles. The van der Waals surface area contributed by atoms with Gasteiger partial charge >= 0.3 is 5.76 Å². The van der Waals surface area contributed by atoms with Crippen molar-refractivity contribution < 1.29 is 4.42 Å². The fraction of sp³-hybridized carbons (Fsp3) is 0.500. The van der Waals surface area contributed by atoms with Gasteiger partial charge in [-0.3, -0.25) is 4.98 Å². The molecule has 1 saturated heterocycles. The molecule has 2 heterocycles. The van der Waals surface area contributed by atoms with Crippen molar-refractivity contribution in [2.75, 3.05) is 13.1 Å². The quantitative estimate of drug-likeness (QED) is 0.806. The number of H-pyrrole nitrogens is 1. The summed E-state index contributed by atoms with van der Waals surface area (Å²) in [5.74, 6) is 0.255. The van der Waals surface area contributed by atoms with Crippen LogP contribution in [0.5, 0.6) is 0 Å². The topological polar surface area (TPSA) is 58.0 Å². The Kier molecular flexibility index (Phi) is 2.01. The Hall–Kier alpha value is -1.55. The summed E-state index contributed by atoms with van der Waals surface area (Å²) in [7, 11) is 0. The Morgan fingerprint density at radius 1 is 1.33 bits per heavy atom. The van der Waals surface area contributed by atoms with E-state index < -0.39 is 0 Å². The molecular weight excluding hydrogens is 228 g/mol. The number of rotatable bonds is 1. The number of oxazole rings is 1. The van der Waals surface area contributed by atoms with E-state index in [0.29, 0.717) is 16.9 Å². The van der Waals surface area contributed by atoms with Crippen molar-refractivity contribution in [2.24, 2.45) is 5.41 Å². The molecule has 1 aromatic heterocycles. The van der Waals surface area contributed by atoms with Crippen molar-refractivity contribution in [2.45, 2.75) is 25.2 Å². The lowest BCUT2D eigenvalue weighted by molar-refractivity contribution is 0.175. The lowest BCUT2D eigenvalue weighted by Crippen LogP contribution is -2.51. The Morgan fingerprint density at radius 3 is 2.94 bits per heavy atom. The standard InChI is InChI=1S/C14H16N2O2/c17-13-16-11-2-1-9(5-12(11)18-13)10-3-4-14(6-10)7-15-8-14/h1-2,5,10,15H,3-4,6-8H2,(H,16,17). The second-order valence-corrected chi connectivity index (χ2v) is 5.81.